The summed E-state index contributed by atoms with van der Waals surface area (Å²) >= 11 is 1.48. The molecule has 206 valence electrons. The molecule has 7 atom stereocenters. The summed E-state index contributed by atoms with van der Waals surface area (Å²) in [6.45, 7) is 10.2. The molecule has 1 aromatic heterocycles. The normalized spacial score (nSPS) is 32.9. The number of esters is 1. The van der Waals surface area contributed by atoms with Crippen molar-refractivity contribution in [3.63, 3.8) is 0 Å². The van der Waals surface area contributed by atoms with Gasteiger partial charge in [0, 0.05) is 22.6 Å². The summed E-state index contributed by atoms with van der Waals surface area (Å²) in [6.07, 6.45) is -1.47. The lowest BCUT2D eigenvalue weighted by Gasteiger charge is -2.35. The first-order valence-electron chi connectivity index (χ1n) is 12.7. The van der Waals surface area contributed by atoms with Gasteiger partial charge in [-0.1, -0.05) is 39.2 Å². The molecule has 0 aliphatic carbocycles. The molecule has 0 radical (unpaired) electrons. The Morgan fingerprint density at radius 2 is 1.95 bits per heavy atom. The molecule has 1 fully saturated rings. The van der Waals surface area contributed by atoms with Crippen LogP contribution < -0.4 is 0 Å². The maximum absolute atomic E-state index is 13.2. The molecule has 0 bridgehead atoms. The SMILES string of the molecule is CC(=Cc1csc(C)n1)C1C[C@@H](O)[C@H](N=[N+]=[N-])CCCC(C)[C@H](O)[C@@H](C)C(=O)C(C)(C)[C@@H](O)CC(=O)O1. The average Bonchev–Trinajstić information content (AvgIpc) is 3.24. The molecule has 10 nitrogen and oxygen atoms in total. The van der Waals surface area contributed by atoms with Crippen molar-refractivity contribution >= 4 is 29.2 Å². The lowest BCUT2D eigenvalue weighted by atomic mass is 9.73. The number of rotatable bonds is 3. The second kappa shape index (κ2) is 13.5. The number of azide groups is 1. The third kappa shape index (κ3) is 8.35. The fourth-order valence-electron chi connectivity index (χ4n) is 4.71. The van der Waals surface area contributed by atoms with Gasteiger partial charge in [0.25, 0.3) is 0 Å². The lowest BCUT2D eigenvalue weighted by Crippen LogP contribution is -2.46. The van der Waals surface area contributed by atoms with E-state index in [-0.39, 0.29) is 18.1 Å². The molecule has 0 saturated carbocycles. The van der Waals surface area contributed by atoms with Crippen LogP contribution in [0.15, 0.2) is 16.1 Å². The number of aryl methyl sites for hydroxylation is 1. The van der Waals surface area contributed by atoms with Gasteiger partial charge in [0.1, 0.15) is 11.9 Å². The number of Topliss-reactive ketones (excluding diaryl/α,β-unsaturated/α-hetero) is 1. The number of carbonyl (C=O) groups is 2. The van der Waals surface area contributed by atoms with Gasteiger partial charge in [-0.15, -0.1) is 11.3 Å². The molecule has 0 amide bonds. The van der Waals surface area contributed by atoms with Crippen LogP contribution >= 0.6 is 11.3 Å². The van der Waals surface area contributed by atoms with Crippen molar-refractivity contribution in [2.24, 2.45) is 22.4 Å². The van der Waals surface area contributed by atoms with Crippen molar-refractivity contribution in [2.45, 2.75) is 104 Å². The number of hydrogen-bond donors (Lipinski definition) is 3. The third-order valence-corrected chi connectivity index (χ3v) is 8.18. The summed E-state index contributed by atoms with van der Waals surface area (Å²) in [5.74, 6) is -2.08. The highest BCUT2D eigenvalue weighted by Gasteiger charge is 2.42. The maximum atomic E-state index is 13.2. The van der Waals surface area contributed by atoms with Gasteiger partial charge in [-0.2, -0.15) is 0 Å². The van der Waals surface area contributed by atoms with Crippen molar-refractivity contribution < 1.29 is 29.6 Å². The molecule has 3 N–H and O–H groups in total. The zero-order chi connectivity index (χ0) is 27.9. The van der Waals surface area contributed by atoms with Crippen molar-refractivity contribution in [1.82, 2.24) is 4.98 Å². The van der Waals surface area contributed by atoms with Gasteiger partial charge in [-0.25, -0.2) is 4.98 Å². The van der Waals surface area contributed by atoms with Crippen molar-refractivity contribution in [1.29, 1.82) is 0 Å². The van der Waals surface area contributed by atoms with Crippen LogP contribution in [0.25, 0.3) is 16.5 Å². The number of carbonyl (C=O) groups excluding carboxylic acids is 2. The topological polar surface area (TPSA) is 166 Å². The number of ketones is 1. The van der Waals surface area contributed by atoms with Gasteiger partial charge in [0.05, 0.1) is 46.9 Å². The van der Waals surface area contributed by atoms with Crippen LogP contribution in [0.3, 0.4) is 0 Å². The summed E-state index contributed by atoms with van der Waals surface area (Å²) in [6, 6.07) is -0.763. The summed E-state index contributed by atoms with van der Waals surface area (Å²) < 4.78 is 5.71. The molecule has 2 heterocycles. The summed E-state index contributed by atoms with van der Waals surface area (Å²) in [5.41, 5.74) is 9.10. The van der Waals surface area contributed by atoms with Crippen molar-refractivity contribution in [2.75, 3.05) is 0 Å². The predicted octanol–water partition coefficient (Wildman–Crippen LogP) is 4.36. The first kappa shape index (κ1) is 30.9. The molecule has 37 heavy (non-hydrogen) atoms. The highest BCUT2D eigenvalue weighted by Crippen LogP contribution is 2.33. The van der Waals surface area contributed by atoms with Crippen LogP contribution in [0.4, 0.5) is 0 Å². The fraction of sp³-hybridized carbons (Fsp3) is 0.731. The van der Waals surface area contributed by atoms with E-state index in [1.54, 1.807) is 33.8 Å². The number of aliphatic hydroxyl groups is 3. The highest BCUT2D eigenvalue weighted by molar-refractivity contribution is 7.09. The van der Waals surface area contributed by atoms with Gasteiger partial charge < -0.3 is 20.1 Å². The Morgan fingerprint density at radius 3 is 2.54 bits per heavy atom. The van der Waals surface area contributed by atoms with E-state index in [4.69, 9.17) is 10.3 Å². The molecule has 1 saturated heterocycles. The number of aliphatic hydroxyl groups excluding tert-OH is 3. The van der Waals surface area contributed by atoms with Crippen LogP contribution in [-0.2, 0) is 14.3 Å². The van der Waals surface area contributed by atoms with E-state index in [1.165, 1.54) is 11.3 Å². The summed E-state index contributed by atoms with van der Waals surface area (Å²) in [4.78, 5) is 33.4. The Morgan fingerprint density at radius 1 is 1.27 bits per heavy atom. The van der Waals surface area contributed by atoms with Crippen LogP contribution in [0.5, 0.6) is 0 Å². The Labute approximate surface area is 222 Å². The molecular formula is C26H40N4O6S. The first-order valence-corrected chi connectivity index (χ1v) is 13.6. The highest BCUT2D eigenvalue weighted by atomic mass is 32.1. The van der Waals surface area contributed by atoms with Crippen LogP contribution in [-0.4, -0.2) is 62.5 Å². The molecule has 2 rings (SSSR count). The van der Waals surface area contributed by atoms with Crippen LogP contribution in [0.1, 0.15) is 77.4 Å². The van der Waals surface area contributed by atoms with E-state index in [9.17, 15) is 24.9 Å². The number of thiazole rings is 1. The van der Waals surface area contributed by atoms with Gasteiger partial charge >= 0.3 is 5.97 Å². The number of aromatic nitrogens is 1. The predicted molar refractivity (Wildman–Crippen MR) is 142 cm³/mol. The van der Waals surface area contributed by atoms with E-state index in [0.29, 0.717) is 30.5 Å². The number of cyclic esters (lactones) is 1. The largest absolute Gasteiger partial charge is 0.458 e. The van der Waals surface area contributed by atoms with Gasteiger partial charge in [0.2, 0.25) is 0 Å². The molecule has 1 aromatic rings. The van der Waals surface area contributed by atoms with E-state index in [0.717, 1.165) is 5.01 Å². The first-order chi connectivity index (χ1) is 17.3. The Hall–Kier alpha value is -2.30. The number of ether oxygens (including phenoxy) is 1. The minimum atomic E-state index is -1.34. The second-order valence-corrected chi connectivity index (χ2v) is 11.8. The van der Waals surface area contributed by atoms with E-state index in [2.05, 4.69) is 15.0 Å². The van der Waals surface area contributed by atoms with Gasteiger partial charge in [-0.3, -0.25) is 9.59 Å². The second-order valence-electron chi connectivity index (χ2n) is 10.7. The molecule has 0 aromatic carbocycles. The zero-order valence-electron chi connectivity index (χ0n) is 22.5. The lowest BCUT2D eigenvalue weighted by molar-refractivity contribution is -0.155. The van der Waals surface area contributed by atoms with E-state index < -0.39 is 54.2 Å². The standard InChI is InChI=1S/C26H40N4O6S/c1-14-8-7-9-19(29-30-27)20(31)11-21(15(2)10-18-13-37-17(4)28-18)36-23(33)12-22(32)26(5,6)25(35)16(3)24(14)34/h10,13-14,16,19-22,24,31-32,34H,7-9,11-12H2,1-6H3/t14?,16-,19-,20-,21?,22+,24+/m1/s1. The summed E-state index contributed by atoms with van der Waals surface area (Å²) in [5, 5.41) is 39.1. The van der Waals surface area contributed by atoms with Gasteiger partial charge in [0.15, 0.2) is 0 Å². The van der Waals surface area contributed by atoms with Crippen LogP contribution in [0, 0.1) is 24.2 Å². The molecule has 1 aliphatic heterocycles. The minimum Gasteiger partial charge on any atom is -0.458 e. The Balaban J connectivity index is 2.41. The Bertz CT molecular complexity index is 1020. The third-order valence-electron chi connectivity index (χ3n) is 7.39. The maximum Gasteiger partial charge on any atom is 0.309 e. The van der Waals surface area contributed by atoms with Crippen molar-refractivity contribution in [3.05, 3.63) is 32.1 Å². The van der Waals surface area contributed by atoms with E-state index in [1.807, 2.05) is 19.2 Å². The molecule has 11 heteroatoms. The summed E-state index contributed by atoms with van der Waals surface area (Å²) in [7, 11) is 0. The fourth-order valence-corrected chi connectivity index (χ4v) is 5.28. The molecule has 2 unspecified atom stereocenters. The molecule has 0 spiro atoms. The van der Waals surface area contributed by atoms with Crippen molar-refractivity contribution in [3.8, 4) is 0 Å². The molecular weight excluding hydrogens is 496 g/mol. The quantitative estimate of drug-likeness (QED) is 0.223. The van der Waals surface area contributed by atoms with E-state index >= 15 is 0 Å². The zero-order valence-corrected chi connectivity index (χ0v) is 23.3. The smallest absolute Gasteiger partial charge is 0.309 e. The number of nitrogens with zero attached hydrogens (tertiary/aromatic N) is 4. The number of hydrogen-bond acceptors (Lipinski definition) is 9. The van der Waals surface area contributed by atoms with Gasteiger partial charge in [-0.05, 0) is 49.8 Å². The minimum absolute atomic E-state index is 0.0193. The molecule has 1 aliphatic rings. The average molecular weight is 537 g/mol. The monoisotopic (exact) mass is 536 g/mol. The Kier molecular flexibility index (Phi) is 11.3. The van der Waals surface area contributed by atoms with Crippen LogP contribution in [0.2, 0.25) is 0 Å².